The molecule has 0 fully saturated rings. The predicted octanol–water partition coefficient (Wildman–Crippen LogP) is 4.12. The van der Waals surface area contributed by atoms with E-state index < -0.39 is 18.0 Å². The topological polar surface area (TPSA) is 69.5 Å². The Labute approximate surface area is 168 Å². The van der Waals surface area contributed by atoms with Crippen LogP contribution in [0.5, 0.6) is 5.75 Å². The number of carbonyl (C=O) groups excluding carboxylic acids is 1. The van der Waals surface area contributed by atoms with Gasteiger partial charge in [0.2, 0.25) is 0 Å². The summed E-state index contributed by atoms with van der Waals surface area (Å²) in [5, 5.41) is 5.24. The minimum atomic E-state index is -4.88. The summed E-state index contributed by atoms with van der Waals surface area (Å²) in [5.74, 6) is -1.05. The van der Waals surface area contributed by atoms with E-state index in [1.807, 2.05) is 0 Å². The number of hydroxylamine groups is 2. The number of hydrogen-bond donors (Lipinski definition) is 0. The van der Waals surface area contributed by atoms with Crippen molar-refractivity contribution in [2.24, 2.45) is 0 Å². The molecule has 11 heteroatoms. The molecule has 0 aliphatic carbocycles. The molecule has 152 valence electrons. The number of rotatable bonds is 5. The van der Waals surface area contributed by atoms with Gasteiger partial charge in [0, 0.05) is 23.8 Å². The number of ether oxygens (including phenoxy) is 1. The first-order valence-corrected chi connectivity index (χ1v) is 8.45. The number of nitrogens with zero attached hydrogens (tertiary/aromatic N) is 4. The van der Waals surface area contributed by atoms with Crippen LogP contribution in [0.4, 0.5) is 13.2 Å². The quantitative estimate of drug-likeness (QED) is 0.574. The first-order chi connectivity index (χ1) is 13.7. The van der Waals surface area contributed by atoms with Crippen molar-refractivity contribution in [2.75, 3.05) is 14.2 Å². The van der Waals surface area contributed by atoms with Gasteiger partial charge in [0.15, 0.2) is 5.69 Å². The van der Waals surface area contributed by atoms with Gasteiger partial charge in [0.1, 0.15) is 5.75 Å². The Morgan fingerprint density at radius 1 is 1.24 bits per heavy atom. The lowest BCUT2D eigenvalue weighted by molar-refractivity contribution is -0.274. The zero-order chi connectivity index (χ0) is 21.2. The highest BCUT2D eigenvalue weighted by Crippen LogP contribution is 2.33. The second-order valence-electron chi connectivity index (χ2n) is 5.75. The van der Waals surface area contributed by atoms with E-state index in [1.165, 1.54) is 37.2 Å². The van der Waals surface area contributed by atoms with E-state index >= 15 is 0 Å². The number of aromatic nitrogens is 3. The molecular formula is C18H14ClF3N4O3. The van der Waals surface area contributed by atoms with E-state index in [4.69, 9.17) is 16.4 Å². The van der Waals surface area contributed by atoms with E-state index in [9.17, 15) is 18.0 Å². The maximum absolute atomic E-state index is 12.6. The van der Waals surface area contributed by atoms with Crippen molar-refractivity contribution < 1.29 is 27.5 Å². The summed E-state index contributed by atoms with van der Waals surface area (Å²) >= 11 is 5.98. The van der Waals surface area contributed by atoms with E-state index in [0.29, 0.717) is 11.4 Å². The van der Waals surface area contributed by atoms with Crippen molar-refractivity contribution >= 4 is 17.5 Å². The third kappa shape index (κ3) is 4.84. The van der Waals surface area contributed by atoms with Crippen LogP contribution in [0.25, 0.3) is 16.9 Å². The molecule has 0 radical (unpaired) electrons. The summed E-state index contributed by atoms with van der Waals surface area (Å²) in [4.78, 5) is 21.3. The van der Waals surface area contributed by atoms with Crippen LogP contribution in [0, 0.1) is 0 Å². The molecule has 3 aromatic rings. The van der Waals surface area contributed by atoms with Crippen LogP contribution in [0.3, 0.4) is 0 Å². The van der Waals surface area contributed by atoms with Gasteiger partial charge in [-0.25, -0.2) is 9.75 Å². The summed E-state index contributed by atoms with van der Waals surface area (Å²) in [6.45, 7) is 0. The number of amides is 1. The van der Waals surface area contributed by atoms with Gasteiger partial charge < -0.3 is 4.74 Å². The first kappa shape index (κ1) is 20.6. The molecule has 2 heterocycles. The van der Waals surface area contributed by atoms with E-state index in [2.05, 4.69) is 14.8 Å². The van der Waals surface area contributed by atoms with Crippen molar-refractivity contribution in [1.29, 1.82) is 0 Å². The van der Waals surface area contributed by atoms with Crippen LogP contribution in [0.15, 0.2) is 48.8 Å². The monoisotopic (exact) mass is 426 g/mol. The van der Waals surface area contributed by atoms with Crippen LogP contribution >= 0.6 is 11.6 Å². The highest BCUT2D eigenvalue weighted by molar-refractivity contribution is 6.31. The van der Waals surface area contributed by atoms with Crippen LogP contribution in [0.1, 0.15) is 10.5 Å². The Hall–Kier alpha value is -3.11. The van der Waals surface area contributed by atoms with Crippen molar-refractivity contribution in [3.05, 3.63) is 59.5 Å². The second-order valence-corrected chi connectivity index (χ2v) is 6.18. The third-order valence-corrected chi connectivity index (χ3v) is 4.00. The molecular weight excluding hydrogens is 413 g/mol. The molecule has 0 spiro atoms. The lowest BCUT2D eigenvalue weighted by Gasteiger charge is -2.12. The van der Waals surface area contributed by atoms with Crippen LogP contribution in [-0.4, -0.2) is 46.3 Å². The van der Waals surface area contributed by atoms with E-state index in [1.54, 1.807) is 18.3 Å². The number of halogens is 4. The van der Waals surface area contributed by atoms with Gasteiger partial charge in [-0.05, 0) is 36.4 Å². The first-order valence-electron chi connectivity index (χ1n) is 8.07. The standard InChI is InChI=1S/C18H14ClF3N4O3/c1-25(28-2)17(27)15-9-16(26(24-15)13-4-3-5-23-10-13)11-6-12(19)8-14(7-11)29-18(20,21)22/h3-10H,1-2H3. The zero-order valence-electron chi connectivity index (χ0n) is 15.1. The summed E-state index contributed by atoms with van der Waals surface area (Å²) in [6.07, 6.45) is -1.84. The molecule has 0 aliphatic heterocycles. The van der Waals surface area contributed by atoms with Crippen molar-refractivity contribution in [3.63, 3.8) is 0 Å². The van der Waals surface area contributed by atoms with Gasteiger partial charge >= 0.3 is 6.36 Å². The van der Waals surface area contributed by atoms with Crippen LogP contribution in [0.2, 0.25) is 5.02 Å². The molecule has 0 N–H and O–H groups in total. The number of benzene rings is 1. The molecule has 0 saturated carbocycles. The number of pyridine rings is 1. The Morgan fingerprint density at radius 2 is 2.00 bits per heavy atom. The number of hydrogen-bond acceptors (Lipinski definition) is 5. The highest BCUT2D eigenvalue weighted by Gasteiger charge is 2.31. The molecule has 0 aliphatic rings. The van der Waals surface area contributed by atoms with Gasteiger partial charge in [-0.2, -0.15) is 5.10 Å². The summed E-state index contributed by atoms with van der Waals surface area (Å²) < 4.78 is 43.2. The van der Waals surface area contributed by atoms with Crippen LogP contribution < -0.4 is 4.74 Å². The molecule has 7 nitrogen and oxygen atoms in total. The minimum absolute atomic E-state index is 0.00599. The average Bonchev–Trinajstić information content (AvgIpc) is 3.11. The van der Waals surface area contributed by atoms with Gasteiger partial charge in [-0.1, -0.05) is 11.6 Å². The Balaban J connectivity index is 2.15. The van der Waals surface area contributed by atoms with E-state index in [-0.39, 0.29) is 16.3 Å². The smallest absolute Gasteiger partial charge is 0.406 e. The molecule has 0 bridgehead atoms. The Bertz CT molecular complexity index is 1020. The van der Waals surface area contributed by atoms with Gasteiger partial charge in [0.25, 0.3) is 5.91 Å². The molecule has 0 saturated heterocycles. The molecule has 0 unspecified atom stereocenters. The maximum atomic E-state index is 12.6. The lowest BCUT2D eigenvalue weighted by atomic mass is 10.1. The second kappa shape index (κ2) is 8.10. The third-order valence-electron chi connectivity index (χ3n) is 3.78. The number of carbonyl (C=O) groups is 1. The molecule has 2 aromatic heterocycles. The molecule has 1 aromatic carbocycles. The zero-order valence-corrected chi connectivity index (χ0v) is 15.9. The van der Waals surface area contributed by atoms with E-state index in [0.717, 1.165) is 17.2 Å². The Kier molecular flexibility index (Phi) is 5.76. The van der Waals surface area contributed by atoms with Crippen molar-refractivity contribution in [3.8, 4) is 22.7 Å². The normalized spacial score (nSPS) is 11.4. The van der Waals surface area contributed by atoms with Crippen LogP contribution in [-0.2, 0) is 4.84 Å². The predicted molar refractivity (Wildman–Crippen MR) is 97.6 cm³/mol. The highest BCUT2D eigenvalue weighted by atomic mass is 35.5. The fraction of sp³-hybridized carbons (Fsp3) is 0.167. The fourth-order valence-corrected chi connectivity index (χ4v) is 2.74. The maximum Gasteiger partial charge on any atom is 0.573 e. The van der Waals surface area contributed by atoms with Gasteiger partial charge in [0.05, 0.1) is 24.7 Å². The summed E-state index contributed by atoms with van der Waals surface area (Å²) in [7, 11) is 2.72. The molecule has 3 rings (SSSR count). The fourth-order valence-electron chi connectivity index (χ4n) is 2.51. The molecule has 29 heavy (non-hydrogen) atoms. The van der Waals surface area contributed by atoms with Crippen molar-refractivity contribution in [1.82, 2.24) is 19.8 Å². The van der Waals surface area contributed by atoms with Crippen molar-refractivity contribution in [2.45, 2.75) is 6.36 Å². The average molecular weight is 427 g/mol. The summed E-state index contributed by atoms with van der Waals surface area (Å²) in [6, 6.07) is 8.36. The Morgan fingerprint density at radius 3 is 2.62 bits per heavy atom. The lowest BCUT2D eigenvalue weighted by Crippen LogP contribution is -2.25. The molecule has 1 amide bonds. The number of alkyl halides is 3. The summed E-state index contributed by atoms with van der Waals surface area (Å²) in [5.41, 5.74) is 1.05. The largest absolute Gasteiger partial charge is 0.573 e. The van der Waals surface area contributed by atoms with Gasteiger partial charge in [-0.3, -0.25) is 14.6 Å². The van der Waals surface area contributed by atoms with Gasteiger partial charge in [-0.15, -0.1) is 13.2 Å². The SMILES string of the molecule is CON(C)C(=O)c1cc(-c2cc(Cl)cc(OC(F)(F)F)c2)n(-c2cccnc2)n1. The minimum Gasteiger partial charge on any atom is -0.406 e. The molecule has 0 atom stereocenters.